The van der Waals surface area contributed by atoms with Crippen LogP contribution in [0.1, 0.15) is 27.2 Å². The van der Waals surface area contributed by atoms with E-state index in [9.17, 15) is 9.59 Å². The van der Waals surface area contributed by atoms with Crippen molar-refractivity contribution in [1.29, 1.82) is 0 Å². The van der Waals surface area contributed by atoms with Crippen LogP contribution >= 0.6 is 38.5 Å². The number of carbonyl (C=O) groups excluding carboxylic acids is 2. The van der Waals surface area contributed by atoms with Crippen molar-refractivity contribution in [1.82, 2.24) is 0 Å². The smallest absolute Gasteiger partial charge is 0.454 e. The molecule has 16 heavy (non-hydrogen) atoms. The summed E-state index contributed by atoms with van der Waals surface area (Å²) in [5, 5.41) is 0. The zero-order valence-electron chi connectivity index (χ0n) is 9.29. The molecule has 0 aromatic heterocycles. The van der Waals surface area contributed by atoms with Gasteiger partial charge >= 0.3 is 12.1 Å². The van der Waals surface area contributed by atoms with Gasteiger partial charge in [0.2, 0.25) is 0 Å². The summed E-state index contributed by atoms with van der Waals surface area (Å²) < 4.78 is 13.5. The first kappa shape index (κ1) is 16.0. The van der Waals surface area contributed by atoms with Crippen molar-refractivity contribution in [2.24, 2.45) is 0 Å². The SMILES string of the molecule is CC(C)OC(=O)OC(C)(I)CC(=O)OCBr. The van der Waals surface area contributed by atoms with E-state index in [4.69, 9.17) is 9.47 Å². The second kappa shape index (κ2) is 7.31. The molecule has 0 bridgehead atoms. The molecule has 0 amide bonds. The molecule has 0 N–H and O–H groups in total. The summed E-state index contributed by atoms with van der Waals surface area (Å²) in [6.45, 7) is 5.03. The van der Waals surface area contributed by atoms with Crippen molar-refractivity contribution in [2.45, 2.75) is 36.9 Å². The van der Waals surface area contributed by atoms with Gasteiger partial charge in [0.25, 0.3) is 0 Å². The Labute approximate surface area is 116 Å². The molecule has 0 saturated carbocycles. The lowest BCUT2D eigenvalue weighted by molar-refractivity contribution is -0.143. The van der Waals surface area contributed by atoms with Gasteiger partial charge in [-0.05, 0) is 59.3 Å². The van der Waals surface area contributed by atoms with Crippen LogP contribution < -0.4 is 0 Å². The standard InChI is InChI=1S/C9H14BrIO5/c1-6(2)15-8(13)16-9(3,11)4-7(12)14-5-10/h6H,4-5H2,1-3H3. The maximum Gasteiger partial charge on any atom is 0.509 e. The molecule has 0 aliphatic heterocycles. The van der Waals surface area contributed by atoms with Gasteiger partial charge < -0.3 is 14.2 Å². The summed E-state index contributed by atoms with van der Waals surface area (Å²) >= 11 is 4.82. The zero-order chi connectivity index (χ0) is 12.8. The number of hydrogen-bond donors (Lipinski definition) is 0. The lowest BCUT2D eigenvalue weighted by atomic mass is 10.3. The van der Waals surface area contributed by atoms with Crippen molar-refractivity contribution < 1.29 is 23.8 Å². The molecule has 94 valence electrons. The number of ether oxygens (including phenoxy) is 3. The van der Waals surface area contributed by atoms with Crippen LogP contribution in [-0.2, 0) is 19.0 Å². The molecule has 0 fully saturated rings. The van der Waals surface area contributed by atoms with Crippen LogP contribution in [0.5, 0.6) is 0 Å². The molecule has 0 spiro atoms. The van der Waals surface area contributed by atoms with E-state index in [0.29, 0.717) is 0 Å². The van der Waals surface area contributed by atoms with Gasteiger partial charge in [-0.15, -0.1) is 0 Å². The first-order valence-electron chi connectivity index (χ1n) is 4.57. The van der Waals surface area contributed by atoms with E-state index in [1.165, 1.54) is 0 Å². The highest BCUT2D eigenvalue weighted by molar-refractivity contribution is 14.1. The van der Waals surface area contributed by atoms with Crippen molar-refractivity contribution >= 4 is 50.6 Å². The monoisotopic (exact) mass is 408 g/mol. The highest BCUT2D eigenvalue weighted by atomic mass is 127. The topological polar surface area (TPSA) is 61.8 Å². The number of esters is 1. The van der Waals surface area contributed by atoms with Gasteiger partial charge in [0.15, 0.2) is 3.61 Å². The van der Waals surface area contributed by atoms with Gasteiger partial charge in [-0.1, -0.05) is 0 Å². The molecule has 0 saturated heterocycles. The molecule has 0 aromatic rings. The maximum atomic E-state index is 11.2. The quantitative estimate of drug-likeness (QED) is 0.397. The third-order valence-electron chi connectivity index (χ3n) is 1.30. The summed E-state index contributed by atoms with van der Waals surface area (Å²) in [6, 6.07) is 0. The van der Waals surface area contributed by atoms with E-state index < -0.39 is 15.7 Å². The Morgan fingerprint density at radius 3 is 2.44 bits per heavy atom. The number of alkyl halides is 2. The molecule has 0 radical (unpaired) electrons. The van der Waals surface area contributed by atoms with E-state index in [-0.39, 0.29) is 18.0 Å². The largest absolute Gasteiger partial charge is 0.509 e. The second-order valence-corrected chi connectivity index (χ2v) is 6.16. The minimum absolute atomic E-state index is 0.0354. The van der Waals surface area contributed by atoms with E-state index in [0.717, 1.165) is 0 Å². The molecule has 0 heterocycles. The summed E-state index contributed by atoms with van der Waals surface area (Å²) in [7, 11) is 0. The highest BCUT2D eigenvalue weighted by Crippen LogP contribution is 2.25. The summed E-state index contributed by atoms with van der Waals surface area (Å²) in [6.07, 6.45) is -1.08. The maximum absolute atomic E-state index is 11.2. The summed E-state index contributed by atoms with van der Waals surface area (Å²) in [5.41, 5.74) is 0.120. The van der Waals surface area contributed by atoms with Crippen LogP contribution in [0.15, 0.2) is 0 Å². The molecule has 1 unspecified atom stereocenters. The Hall–Kier alpha value is -0.0500. The predicted octanol–water partition coefficient (Wildman–Crippen LogP) is 2.98. The van der Waals surface area contributed by atoms with Crippen LogP contribution in [0.2, 0.25) is 0 Å². The van der Waals surface area contributed by atoms with Crippen LogP contribution in [-0.4, -0.2) is 27.4 Å². The van der Waals surface area contributed by atoms with E-state index >= 15 is 0 Å². The van der Waals surface area contributed by atoms with Crippen molar-refractivity contribution in [3.05, 3.63) is 0 Å². The van der Waals surface area contributed by atoms with E-state index in [2.05, 4.69) is 20.7 Å². The Balaban J connectivity index is 4.13. The first-order valence-corrected chi connectivity index (χ1v) is 6.77. The average molecular weight is 409 g/mol. The van der Waals surface area contributed by atoms with Crippen molar-refractivity contribution in [2.75, 3.05) is 5.52 Å². The lowest BCUT2D eigenvalue weighted by Gasteiger charge is -2.22. The van der Waals surface area contributed by atoms with E-state index in [1.807, 2.05) is 22.6 Å². The van der Waals surface area contributed by atoms with Gasteiger partial charge in [0.1, 0.15) is 5.52 Å². The van der Waals surface area contributed by atoms with Crippen molar-refractivity contribution in [3.63, 3.8) is 0 Å². The third-order valence-corrected chi connectivity index (χ3v) is 2.13. The van der Waals surface area contributed by atoms with Gasteiger partial charge in [-0.3, -0.25) is 4.79 Å². The lowest BCUT2D eigenvalue weighted by Crippen LogP contribution is -2.29. The predicted molar refractivity (Wildman–Crippen MR) is 69.6 cm³/mol. The Bertz CT molecular complexity index is 254. The minimum Gasteiger partial charge on any atom is -0.454 e. The fraction of sp³-hybridized carbons (Fsp3) is 0.778. The molecular formula is C9H14BrIO5. The van der Waals surface area contributed by atoms with Crippen LogP contribution in [0.4, 0.5) is 4.79 Å². The molecule has 0 rings (SSSR count). The average Bonchev–Trinajstić information content (AvgIpc) is 1.98. The number of rotatable bonds is 5. The molecule has 7 heteroatoms. The fourth-order valence-corrected chi connectivity index (χ4v) is 1.54. The Kier molecular flexibility index (Phi) is 7.29. The Morgan fingerprint density at radius 2 is 2.00 bits per heavy atom. The molecule has 1 atom stereocenters. The molecular weight excluding hydrogens is 395 g/mol. The third kappa shape index (κ3) is 8.14. The zero-order valence-corrected chi connectivity index (χ0v) is 13.0. The van der Waals surface area contributed by atoms with Gasteiger partial charge in [-0.25, -0.2) is 4.79 Å². The normalized spacial score (nSPS) is 14.1. The van der Waals surface area contributed by atoms with Crippen molar-refractivity contribution in [3.8, 4) is 0 Å². The Morgan fingerprint density at radius 1 is 1.44 bits per heavy atom. The van der Waals surface area contributed by atoms with E-state index in [1.54, 1.807) is 20.8 Å². The fourth-order valence-electron chi connectivity index (χ4n) is 0.796. The van der Waals surface area contributed by atoms with Crippen LogP contribution in [0, 0.1) is 0 Å². The van der Waals surface area contributed by atoms with Gasteiger partial charge in [0.05, 0.1) is 12.5 Å². The summed E-state index contributed by atoms with van der Waals surface area (Å²) in [4.78, 5) is 22.4. The highest BCUT2D eigenvalue weighted by Gasteiger charge is 2.30. The molecule has 0 aromatic carbocycles. The molecule has 0 aliphatic rings. The number of hydrogen-bond acceptors (Lipinski definition) is 5. The first-order chi connectivity index (χ1) is 7.26. The molecule has 0 aliphatic carbocycles. The second-order valence-electron chi connectivity index (χ2n) is 3.42. The van der Waals surface area contributed by atoms with Crippen LogP contribution in [0.3, 0.4) is 0 Å². The van der Waals surface area contributed by atoms with Gasteiger partial charge in [0, 0.05) is 0 Å². The van der Waals surface area contributed by atoms with Gasteiger partial charge in [-0.2, -0.15) is 0 Å². The molecule has 5 nitrogen and oxygen atoms in total. The minimum atomic E-state index is -0.969. The number of halogens is 2. The van der Waals surface area contributed by atoms with Crippen LogP contribution in [0.25, 0.3) is 0 Å². The number of carbonyl (C=O) groups is 2. The summed E-state index contributed by atoms with van der Waals surface area (Å²) in [5.74, 6) is -0.453.